The molecular formula is C13H15ClO2. The zero-order valence-electron chi connectivity index (χ0n) is 9.12. The Bertz CT molecular complexity index is 370. The molecule has 0 saturated carbocycles. The number of ether oxygens (including phenoxy) is 1. The maximum Gasteiger partial charge on any atom is 0.140 e. The lowest BCUT2D eigenvalue weighted by Gasteiger charge is -2.20. The van der Waals surface area contributed by atoms with Gasteiger partial charge in [0.2, 0.25) is 0 Å². The van der Waals surface area contributed by atoms with Crippen LogP contribution in [0.3, 0.4) is 0 Å². The van der Waals surface area contributed by atoms with E-state index in [2.05, 4.69) is 0 Å². The van der Waals surface area contributed by atoms with Gasteiger partial charge in [0.1, 0.15) is 5.78 Å². The van der Waals surface area contributed by atoms with Crippen molar-refractivity contribution >= 4 is 17.4 Å². The van der Waals surface area contributed by atoms with Crippen molar-refractivity contribution in [2.45, 2.75) is 19.3 Å². The molecule has 3 heteroatoms. The van der Waals surface area contributed by atoms with Gasteiger partial charge < -0.3 is 4.74 Å². The lowest BCUT2D eigenvalue weighted by molar-refractivity contribution is -0.125. The third-order valence-electron chi connectivity index (χ3n) is 3.00. The highest BCUT2D eigenvalue weighted by molar-refractivity contribution is 6.31. The van der Waals surface area contributed by atoms with Crippen LogP contribution in [-0.4, -0.2) is 19.0 Å². The minimum Gasteiger partial charge on any atom is -0.381 e. The van der Waals surface area contributed by atoms with Crippen LogP contribution in [0.4, 0.5) is 0 Å². The van der Waals surface area contributed by atoms with Crippen molar-refractivity contribution < 1.29 is 9.53 Å². The molecule has 1 aromatic carbocycles. The molecule has 1 fully saturated rings. The lowest BCUT2D eigenvalue weighted by atomic mass is 9.91. The Balaban J connectivity index is 1.99. The van der Waals surface area contributed by atoms with Crippen molar-refractivity contribution in [2.75, 3.05) is 13.2 Å². The number of benzene rings is 1. The van der Waals surface area contributed by atoms with Gasteiger partial charge >= 0.3 is 0 Å². The van der Waals surface area contributed by atoms with Crippen molar-refractivity contribution in [1.82, 2.24) is 0 Å². The number of halogens is 1. The summed E-state index contributed by atoms with van der Waals surface area (Å²) in [5.41, 5.74) is 0.931. The normalized spacial score (nSPS) is 17.3. The number of hydrogen-bond acceptors (Lipinski definition) is 2. The molecule has 0 aromatic heterocycles. The Morgan fingerprint density at radius 1 is 1.31 bits per heavy atom. The van der Waals surface area contributed by atoms with Gasteiger partial charge in [-0.3, -0.25) is 4.79 Å². The van der Waals surface area contributed by atoms with E-state index in [0.717, 1.165) is 18.4 Å². The van der Waals surface area contributed by atoms with Gasteiger partial charge in [0.15, 0.2) is 0 Å². The average Bonchev–Trinajstić information content (AvgIpc) is 2.33. The van der Waals surface area contributed by atoms with Crippen molar-refractivity contribution in [1.29, 1.82) is 0 Å². The minimum absolute atomic E-state index is 0.157. The summed E-state index contributed by atoms with van der Waals surface area (Å²) >= 11 is 6.03. The lowest BCUT2D eigenvalue weighted by Crippen LogP contribution is -2.24. The third-order valence-corrected chi connectivity index (χ3v) is 3.37. The van der Waals surface area contributed by atoms with Gasteiger partial charge in [-0.2, -0.15) is 0 Å². The predicted molar refractivity (Wildman–Crippen MR) is 63.7 cm³/mol. The fourth-order valence-corrected chi connectivity index (χ4v) is 2.20. The van der Waals surface area contributed by atoms with Crippen LogP contribution in [0.1, 0.15) is 18.4 Å². The second kappa shape index (κ2) is 5.46. The minimum atomic E-state index is 0.157. The second-order valence-electron chi connectivity index (χ2n) is 4.12. The van der Waals surface area contributed by atoms with Gasteiger partial charge in [0.05, 0.1) is 0 Å². The summed E-state index contributed by atoms with van der Waals surface area (Å²) in [6.07, 6.45) is 2.15. The molecule has 16 heavy (non-hydrogen) atoms. The van der Waals surface area contributed by atoms with E-state index in [0.29, 0.717) is 24.7 Å². The number of hydrogen-bond donors (Lipinski definition) is 0. The van der Waals surface area contributed by atoms with Crippen LogP contribution in [0, 0.1) is 5.92 Å². The van der Waals surface area contributed by atoms with Crippen LogP contribution >= 0.6 is 11.6 Å². The zero-order chi connectivity index (χ0) is 11.4. The summed E-state index contributed by atoms with van der Waals surface area (Å²) < 4.78 is 5.25. The first-order chi connectivity index (χ1) is 7.77. The van der Waals surface area contributed by atoms with E-state index >= 15 is 0 Å². The standard InChI is InChI=1S/C13H15ClO2/c14-12-4-2-1-3-11(12)9-13(15)10-5-7-16-8-6-10/h1-4,10H,5-9H2. The first-order valence-electron chi connectivity index (χ1n) is 5.61. The van der Waals surface area contributed by atoms with Gasteiger partial charge in [-0.05, 0) is 24.5 Å². The van der Waals surface area contributed by atoms with Gasteiger partial charge in [0.25, 0.3) is 0 Å². The molecule has 0 radical (unpaired) electrons. The first kappa shape index (κ1) is 11.6. The average molecular weight is 239 g/mol. The second-order valence-corrected chi connectivity index (χ2v) is 4.53. The number of carbonyl (C=O) groups excluding carboxylic acids is 1. The van der Waals surface area contributed by atoms with Gasteiger partial charge in [-0.1, -0.05) is 29.8 Å². The molecule has 0 atom stereocenters. The monoisotopic (exact) mass is 238 g/mol. The summed E-state index contributed by atoms with van der Waals surface area (Å²) in [6, 6.07) is 7.54. The van der Waals surface area contributed by atoms with Crippen LogP contribution < -0.4 is 0 Å². The number of rotatable bonds is 3. The smallest absolute Gasteiger partial charge is 0.140 e. The highest BCUT2D eigenvalue weighted by Crippen LogP contribution is 2.21. The largest absolute Gasteiger partial charge is 0.381 e. The Hall–Kier alpha value is -0.860. The molecule has 0 bridgehead atoms. The number of Topliss-reactive ketones (excluding diaryl/α,β-unsaturated/α-hetero) is 1. The Labute approximate surface area is 101 Å². The van der Waals surface area contributed by atoms with Crippen molar-refractivity contribution in [3.8, 4) is 0 Å². The molecule has 0 spiro atoms. The molecule has 0 N–H and O–H groups in total. The van der Waals surface area contributed by atoms with E-state index in [-0.39, 0.29) is 11.7 Å². The first-order valence-corrected chi connectivity index (χ1v) is 5.99. The molecule has 1 aromatic rings. The van der Waals surface area contributed by atoms with Crippen molar-refractivity contribution in [2.24, 2.45) is 5.92 Å². The fraction of sp³-hybridized carbons (Fsp3) is 0.462. The highest BCUT2D eigenvalue weighted by atomic mass is 35.5. The van der Waals surface area contributed by atoms with Gasteiger partial charge in [0, 0.05) is 30.6 Å². The molecule has 0 amide bonds. The Morgan fingerprint density at radius 3 is 2.69 bits per heavy atom. The van der Waals surface area contributed by atoms with E-state index in [1.54, 1.807) is 0 Å². The number of ketones is 1. The Morgan fingerprint density at radius 2 is 2.00 bits per heavy atom. The predicted octanol–water partition coefficient (Wildman–Crippen LogP) is 2.88. The van der Waals surface area contributed by atoms with Crippen LogP contribution in [0.15, 0.2) is 24.3 Å². The molecule has 0 unspecified atom stereocenters. The molecule has 2 nitrogen and oxygen atoms in total. The van der Waals surface area contributed by atoms with Gasteiger partial charge in [-0.25, -0.2) is 0 Å². The summed E-state index contributed by atoms with van der Waals surface area (Å²) in [6.45, 7) is 1.41. The fourth-order valence-electron chi connectivity index (χ4n) is 1.99. The SMILES string of the molecule is O=C(Cc1ccccc1Cl)C1CCOCC1. The number of carbonyl (C=O) groups is 1. The molecule has 1 saturated heterocycles. The molecule has 1 aliphatic rings. The summed E-state index contributed by atoms with van der Waals surface area (Å²) in [7, 11) is 0. The summed E-state index contributed by atoms with van der Waals surface area (Å²) in [4.78, 5) is 12.0. The van der Waals surface area contributed by atoms with Crippen LogP contribution in [-0.2, 0) is 16.0 Å². The van der Waals surface area contributed by atoms with Crippen molar-refractivity contribution in [3.05, 3.63) is 34.9 Å². The van der Waals surface area contributed by atoms with E-state index < -0.39 is 0 Å². The van der Waals surface area contributed by atoms with E-state index in [1.807, 2.05) is 24.3 Å². The maximum absolute atomic E-state index is 12.0. The van der Waals surface area contributed by atoms with Crippen molar-refractivity contribution in [3.63, 3.8) is 0 Å². The highest BCUT2D eigenvalue weighted by Gasteiger charge is 2.21. The topological polar surface area (TPSA) is 26.3 Å². The third kappa shape index (κ3) is 2.83. The molecule has 2 rings (SSSR count). The summed E-state index contributed by atoms with van der Waals surface area (Å²) in [5, 5.41) is 0.683. The molecular weight excluding hydrogens is 224 g/mol. The summed E-state index contributed by atoms with van der Waals surface area (Å²) in [5.74, 6) is 0.446. The van der Waals surface area contributed by atoms with E-state index in [9.17, 15) is 4.79 Å². The maximum atomic E-state index is 12.0. The van der Waals surface area contributed by atoms with Crippen LogP contribution in [0.2, 0.25) is 5.02 Å². The molecule has 86 valence electrons. The Kier molecular flexibility index (Phi) is 3.97. The van der Waals surface area contributed by atoms with Crippen LogP contribution in [0.5, 0.6) is 0 Å². The molecule has 1 aliphatic heterocycles. The van der Waals surface area contributed by atoms with Gasteiger partial charge in [-0.15, -0.1) is 0 Å². The van der Waals surface area contributed by atoms with Crippen LogP contribution in [0.25, 0.3) is 0 Å². The quantitative estimate of drug-likeness (QED) is 0.810. The van der Waals surface area contributed by atoms with E-state index in [1.165, 1.54) is 0 Å². The zero-order valence-corrected chi connectivity index (χ0v) is 9.87. The molecule has 1 heterocycles. The van der Waals surface area contributed by atoms with E-state index in [4.69, 9.17) is 16.3 Å². The molecule has 0 aliphatic carbocycles.